The Morgan fingerprint density at radius 2 is 2.05 bits per heavy atom. The van der Waals surface area contributed by atoms with Gasteiger partial charge in [-0.1, -0.05) is 35.9 Å². The van der Waals surface area contributed by atoms with Crippen LogP contribution in [-0.4, -0.2) is 23.9 Å². The Hall–Kier alpha value is -2.08. The number of allylic oxidation sites excluding steroid dienone is 1. The molecule has 1 amide bonds. The van der Waals surface area contributed by atoms with Gasteiger partial charge in [0.15, 0.2) is 0 Å². The topological polar surface area (TPSA) is 44.1 Å². The zero-order chi connectivity index (χ0) is 15.0. The fourth-order valence-corrected chi connectivity index (χ4v) is 1.86. The molecule has 3 nitrogen and oxygen atoms in total. The Morgan fingerprint density at radius 3 is 2.65 bits per heavy atom. The molecule has 20 heavy (non-hydrogen) atoms. The summed E-state index contributed by atoms with van der Waals surface area (Å²) in [5, 5.41) is 8.66. The number of likely N-dealkylation sites (N-methyl/N-ethyl adjacent to an activating group) is 1. The first-order valence-corrected chi connectivity index (χ1v) is 6.89. The van der Waals surface area contributed by atoms with Crippen molar-refractivity contribution in [3.05, 3.63) is 47.5 Å². The second kappa shape index (κ2) is 8.16. The summed E-state index contributed by atoms with van der Waals surface area (Å²) in [6.07, 6.45) is 3.85. The minimum absolute atomic E-state index is 0.0293. The predicted octanol–water partition coefficient (Wildman–Crippen LogP) is 3.33. The summed E-state index contributed by atoms with van der Waals surface area (Å²) in [7, 11) is 1.74. The van der Waals surface area contributed by atoms with Crippen molar-refractivity contribution in [3.8, 4) is 6.07 Å². The maximum atomic E-state index is 12.0. The molecule has 0 aliphatic heterocycles. The summed E-state index contributed by atoms with van der Waals surface area (Å²) in [5.41, 5.74) is 2.34. The zero-order valence-electron chi connectivity index (χ0n) is 12.5. The van der Waals surface area contributed by atoms with Crippen LogP contribution in [0.3, 0.4) is 0 Å². The summed E-state index contributed by atoms with van der Waals surface area (Å²) < 4.78 is 0. The molecule has 0 saturated heterocycles. The molecule has 0 spiro atoms. The quantitative estimate of drug-likeness (QED) is 0.744. The number of nitriles is 1. The average Bonchev–Trinajstić information content (AvgIpc) is 2.45. The Morgan fingerprint density at radius 1 is 1.40 bits per heavy atom. The second-order valence-electron chi connectivity index (χ2n) is 5.14. The normalized spacial score (nSPS) is 12.6. The van der Waals surface area contributed by atoms with E-state index in [1.54, 1.807) is 18.0 Å². The molecule has 0 bridgehead atoms. The number of hydrogen-bond donors (Lipinski definition) is 0. The molecule has 3 heteroatoms. The molecular weight excluding hydrogens is 248 g/mol. The summed E-state index contributed by atoms with van der Waals surface area (Å²) in [6, 6.07) is 12.3. The fraction of sp³-hybridized carbons (Fsp3) is 0.412. The third kappa shape index (κ3) is 5.27. The van der Waals surface area contributed by atoms with E-state index in [-0.39, 0.29) is 11.9 Å². The lowest BCUT2D eigenvalue weighted by Gasteiger charge is -2.21. The van der Waals surface area contributed by atoms with Crippen molar-refractivity contribution in [3.63, 3.8) is 0 Å². The van der Waals surface area contributed by atoms with E-state index in [4.69, 9.17) is 5.26 Å². The van der Waals surface area contributed by atoms with Gasteiger partial charge in [-0.2, -0.15) is 5.26 Å². The van der Waals surface area contributed by atoms with Gasteiger partial charge < -0.3 is 4.90 Å². The Balaban J connectivity index is 2.52. The molecule has 0 fully saturated rings. The van der Waals surface area contributed by atoms with Gasteiger partial charge in [-0.15, -0.1) is 0 Å². The van der Waals surface area contributed by atoms with Crippen molar-refractivity contribution in [1.82, 2.24) is 4.90 Å². The van der Waals surface area contributed by atoms with E-state index in [1.165, 1.54) is 5.56 Å². The van der Waals surface area contributed by atoms with Crippen molar-refractivity contribution < 1.29 is 4.79 Å². The molecular formula is C17H22N2O. The molecule has 0 aliphatic rings. The summed E-state index contributed by atoms with van der Waals surface area (Å²) >= 11 is 0. The van der Waals surface area contributed by atoms with Gasteiger partial charge in [-0.05, 0) is 32.3 Å². The fourth-order valence-electron chi connectivity index (χ4n) is 1.86. The Bertz CT molecular complexity index is 499. The van der Waals surface area contributed by atoms with Gasteiger partial charge in [-0.25, -0.2) is 0 Å². The summed E-state index contributed by atoms with van der Waals surface area (Å²) in [5.74, 6) is -0.0293. The number of aryl methyl sites for hydroxylation is 1. The first kappa shape index (κ1) is 16.0. The molecule has 0 aliphatic carbocycles. The highest BCUT2D eigenvalue weighted by atomic mass is 16.2. The maximum Gasteiger partial charge on any atom is 0.246 e. The molecule has 1 unspecified atom stereocenters. The van der Waals surface area contributed by atoms with E-state index < -0.39 is 0 Å². The number of nitrogens with zero attached hydrogens (tertiary/aromatic N) is 2. The molecule has 1 aromatic carbocycles. The molecule has 0 aromatic heterocycles. The lowest BCUT2D eigenvalue weighted by molar-refractivity contribution is -0.126. The maximum absolute atomic E-state index is 12.0. The lowest BCUT2D eigenvalue weighted by Crippen LogP contribution is -2.33. The van der Waals surface area contributed by atoms with Crippen molar-refractivity contribution >= 4 is 5.91 Å². The number of benzene rings is 1. The molecule has 0 N–H and O–H groups in total. The summed E-state index contributed by atoms with van der Waals surface area (Å²) in [6.45, 7) is 3.86. The van der Waals surface area contributed by atoms with Gasteiger partial charge in [-0.3, -0.25) is 4.79 Å². The van der Waals surface area contributed by atoms with Gasteiger partial charge in [0.05, 0.1) is 12.5 Å². The molecule has 0 saturated carbocycles. The Labute approximate surface area is 121 Å². The van der Waals surface area contributed by atoms with Gasteiger partial charge in [0.25, 0.3) is 0 Å². The van der Waals surface area contributed by atoms with Crippen LogP contribution in [0.25, 0.3) is 0 Å². The van der Waals surface area contributed by atoms with E-state index in [0.717, 1.165) is 18.4 Å². The lowest BCUT2D eigenvalue weighted by atomic mass is 10.1. The third-order valence-electron chi connectivity index (χ3n) is 3.42. The van der Waals surface area contributed by atoms with Gasteiger partial charge >= 0.3 is 0 Å². The van der Waals surface area contributed by atoms with Crippen LogP contribution in [0.1, 0.15) is 32.3 Å². The van der Waals surface area contributed by atoms with Crippen molar-refractivity contribution in [2.75, 3.05) is 7.05 Å². The summed E-state index contributed by atoms with van der Waals surface area (Å²) in [4.78, 5) is 13.6. The first-order valence-electron chi connectivity index (χ1n) is 6.89. The highest BCUT2D eigenvalue weighted by molar-refractivity contribution is 5.88. The number of hydrogen-bond acceptors (Lipinski definition) is 2. The van der Waals surface area contributed by atoms with E-state index in [9.17, 15) is 4.79 Å². The van der Waals surface area contributed by atoms with Gasteiger partial charge in [0.1, 0.15) is 0 Å². The standard InChI is InChI=1S/C17H22N2O/c1-14(9-10-16-7-5-4-6-8-16)13-17(20)19(3)15(2)11-12-18/h4-8,13,15H,9-11H2,1-3H3. The monoisotopic (exact) mass is 270 g/mol. The van der Waals surface area contributed by atoms with Crippen molar-refractivity contribution in [1.29, 1.82) is 5.26 Å². The number of carbonyl (C=O) groups is 1. The average molecular weight is 270 g/mol. The van der Waals surface area contributed by atoms with E-state index in [1.807, 2.05) is 32.0 Å². The van der Waals surface area contributed by atoms with Crippen LogP contribution in [0, 0.1) is 11.3 Å². The predicted molar refractivity (Wildman–Crippen MR) is 81.0 cm³/mol. The van der Waals surface area contributed by atoms with Gasteiger partial charge in [0.2, 0.25) is 5.91 Å². The van der Waals surface area contributed by atoms with Crippen LogP contribution in [0.4, 0.5) is 0 Å². The minimum Gasteiger partial charge on any atom is -0.338 e. The van der Waals surface area contributed by atoms with E-state index in [0.29, 0.717) is 6.42 Å². The number of carbonyl (C=O) groups excluding carboxylic acids is 1. The van der Waals surface area contributed by atoms with Gasteiger partial charge in [0, 0.05) is 19.2 Å². The third-order valence-corrected chi connectivity index (χ3v) is 3.42. The van der Waals surface area contributed by atoms with Crippen molar-refractivity contribution in [2.24, 2.45) is 0 Å². The highest BCUT2D eigenvalue weighted by Gasteiger charge is 2.13. The highest BCUT2D eigenvalue weighted by Crippen LogP contribution is 2.10. The molecule has 1 aromatic rings. The molecule has 1 atom stereocenters. The largest absolute Gasteiger partial charge is 0.338 e. The van der Waals surface area contributed by atoms with Crippen LogP contribution in [-0.2, 0) is 11.2 Å². The molecule has 1 rings (SSSR count). The molecule has 0 radical (unpaired) electrons. The van der Waals surface area contributed by atoms with Crippen LogP contribution < -0.4 is 0 Å². The molecule has 0 heterocycles. The van der Waals surface area contributed by atoms with Crippen LogP contribution in [0.5, 0.6) is 0 Å². The number of rotatable bonds is 6. The minimum atomic E-state index is -0.0503. The Kier molecular flexibility index (Phi) is 6.52. The van der Waals surface area contributed by atoms with Crippen LogP contribution >= 0.6 is 0 Å². The van der Waals surface area contributed by atoms with Crippen LogP contribution in [0.15, 0.2) is 42.0 Å². The molecule has 106 valence electrons. The van der Waals surface area contributed by atoms with Crippen LogP contribution in [0.2, 0.25) is 0 Å². The second-order valence-corrected chi connectivity index (χ2v) is 5.14. The SMILES string of the molecule is CC(=CC(=O)N(C)C(C)CC#N)CCc1ccccc1. The van der Waals surface area contributed by atoms with Crippen molar-refractivity contribution in [2.45, 2.75) is 39.2 Å². The number of amides is 1. The smallest absolute Gasteiger partial charge is 0.246 e. The first-order chi connectivity index (χ1) is 9.54. The van der Waals surface area contributed by atoms with E-state index >= 15 is 0 Å². The van der Waals surface area contributed by atoms with E-state index in [2.05, 4.69) is 18.2 Å². The zero-order valence-corrected chi connectivity index (χ0v) is 12.5.